The molecule has 7 heteroatoms. The maximum Gasteiger partial charge on any atom is 0.410 e. The fourth-order valence-electron chi connectivity index (χ4n) is 3.48. The molecule has 1 N–H and O–H groups in total. The van der Waals surface area contributed by atoms with E-state index < -0.39 is 5.60 Å². The van der Waals surface area contributed by atoms with Gasteiger partial charge >= 0.3 is 6.09 Å². The van der Waals surface area contributed by atoms with E-state index in [9.17, 15) is 9.90 Å². The first kappa shape index (κ1) is 17.5. The predicted molar refractivity (Wildman–Crippen MR) is 94.9 cm³/mol. The van der Waals surface area contributed by atoms with Crippen molar-refractivity contribution in [2.24, 2.45) is 5.92 Å². The molecule has 6 nitrogen and oxygen atoms in total. The van der Waals surface area contributed by atoms with E-state index in [0.717, 1.165) is 37.3 Å². The van der Waals surface area contributed by atoms with Gasteiger partial charge in [0, 0.05) is 31.1 Å². The quantitative estimate of drug-likeness (QED) is 0.777. The van der Waals surface area contributed by atoms with Crippen LogP contribution in [-0.2, 0) is 11.3 Å². The minimum Gasteiger partial charge on any atom is -0.444 e. The first-order chi connectivity index (χ1) is 11.3. The monoisotopic (exact) mass is 397 g/mol. The summed E-state index contributed by atoms with van der Waals surface area (Å²) in [4.78, 5) is 20.8. The van der Waals surface area contributed by atoms with E-state index in [2.05, 4.69) is 25.8 Å². The van der Waals surface area contributed by atoms with Crippen molar-refractivity contribution >= 4 is 27.7 Å². The van der Waals surface area contributed by atoms with Gasteiger partial charge in [0.25, 0.3) is 0 Å². The smallest absolute Gasteiger partial charge is 0.410 e. The van der Waals surface area contributed by atoms with Crippen LogP contribution >= 0.6 is 15.9 Å². The largest absolute Gasteiger partial charge is 0.444 e. The summed E-state index contributed by atoms with van der Waals surface area (Å²) in [6.07, 6.45) is 2.58. The first-order valence-electron chi connectivity index (χ1n) is 8.28. The lowest BCUT2D eigenvalue weighted by atomic mass is 10.1. The van der Waals surface area contributed by atoms with Gasteiger partial charge in [-0.1, -0.05) is 0 Å². The molecule has 132 valence electrons. The number of carbonyl (C=O) groups excluding carboxylic acids is 1. The zero-order valence-corrected chi connectivity index (χ0v) is 15.9. The van der Waals surface area contributed by atoms with Crippen molar-refractivity contribution in [1.82, 2.24) is 9.88 Å². The van der Waals surface area contributed by atoms with E-state index in [1.165, 1.54) is 0 Å². The Morgan fingerprint density at radius 3 is 2.88 bits per heavy atom. The molecule has 3 heterocycles. The van der Waals surface area contributed by atoms with E-state index in [0.29, 0.717) is 10.5 Å². The van der Waals surface area contributed by atoms with Crippen LogP contribution in [0.2, 0.25) is 0 Å². The molecular weight excluding hydrogens is 374 g/mol. The fourth-order valence-corrected chi connectivity index (χ4v) is 3.83. The lowest BCUT2D eigenvalue weighted by Gasteiger charge is -2.29. The third kappa shape index (κ3) is 3.52. The van der Waals surface area contributed by atoms with Crippen molar-refractivity contribution in [3.63, 3.8) is 0 Å². The Hall–Kier alpha value is -1.34. The van der Waals surface area contributed by atoms with Gasteiger partial charge in [-0.15, -0.1) is 0 Å². The number of carbonyl (C=O) groups is 1. The first-order valence-corrected chi connectivity index (χ1v) is 9.07. The molecule has 2 fully saturated rings. The van der Waals surface area contributed by atoms with Crippen molar-refractivity contribution in [3.8, 4) is 0 Å². The van der Waals surface area contributed by atoms with Crippen molar-refractivity contribution in [2.45, 2.75) is 45.4 Å². The van der Waals surface area contributed by atoms with Gasteiger partial charge in [0.1, 0.15) is 10.2 Å². The molecule has 0 aliphatic carbocycles. The summed E-state index contributed by atoms with van der Waals surface area (Å²) in [5.41, 5.74) is 1.29. The summed E-state index contributed by atoms with van der Waals surface area (Å²) in [6.45, 7) is 8.07. The number of hydrogen-bond donors (Lipinski definition) is 1. The molecule has 0 bridgehead atoms. The van der Waals surface area contributed by atoms with Crippen LogP contribution in [0.25, 0.3) is 0 Å². The topological polar surface area (TPSA) is 65.9 Å². The van der Waals surface area contributed by atoms with Crippen LogP contribution in [0.15, 0.2) is 16.9 Å². The Kier molecular flexibility index (Phi) is 4.75. The van der Waals surface area contributed by atoms with Gasteiger partial charge < -0.3 is 19.6 Å². The molecule has 24 heavy (non-hydrogen) atoms. The molecule has 2 aliphatic rings. The number of aliphatic hydroxyl groups excluding tert-OH is 1. The maximum atomic E-state index is 12.4. The van der Waals surface area contributed by atoms with E-state index in [-0.39, 0.29) is 18.7 Å². The standard InChI is InChI=1S/C17H24BrN3O3/c1-17(2,3)24-16(23)21-5-4-11-8-20(9-14(11)21)13-6-12(10-22)15(18)19-7-13/h6-7,11,14,22H,4-5,8-10H2,1-3H3/t11-,14+/m1/s1. The van der Waals surface area contributed by atoms with E-state index in [1.807, 2.05) is 37.9 Å². The third-order valence-electron chi connectivity index (χ3n) is 4.61. The van der Waals surface area contributed by atoms with Crippen LogP contribution < -0.4 is 4.90 Å². The van der Waals surface area contributed by atoms with Gasteiger partial charge in [0.15, 0.2) is 0 Å². The summed E-state index contributed by atoms with van der Waals surface area (Å²) in [5.74, 6) is 0.457. The van der Waals surface area contributed by atoms with Crippen molar-refractivity contribution in [2.75, 3.05) is 24.5 Å². The molecule has 0 radical (unpaired) electrons. The molecular formula is C17H24BrN3O3. The zero-order valence-electron chi connectivity index (χ0n) is 14.3. The molecule has 1 amide bonds. The Bertz CT molecular complexity index is 632. The average Bonchev–Trinajstić information content (AvgIpc) is 3.05. The van der Waals surface area contributed by atoms with Crippen LogP contribution in [-0.4, -0.2) is 52.4 Å². The lowest BCUT2D eigenvalue weighted by molar-refractivity contribution is 0.0229. The third-order valence-corrected chi connectivity index (χ3v) is 5.32. The van der Waals surface area contributed by atoms with Crippen molar-refractivity contribution in [1.29, 1.82) is 0 Å². The maximum absolute atomic E-state index is 12.4. The van der Waals surface area contributed by atoms with E-state index in [4.69, 9.17) is 4.74 Å². The minimum atomic E-state index is -0.473. The van der Waals surface area contributed by atoms with E-state index in [1.54, 1.807) is 0 Å². The number of ether oxygens (including phenoxy) is 1. The number of fused-ring (bicyclic) bond motifs is 1. The zero-order chi connectivity index (χ0) is 17.5. The SMILES string of the molecule is CC(C)(C)OC(=O)N1CC[C@@H]2CN(c3cnc(Br)c(CO)c3)C[C@@H]21. The number of aromatic nitrogens is 1. The van der Waals surface area contributed by atoms with Gasteiger partial charge in [-0.25, -0.2) is 9.78 Å². The fraction of sp³-hybridized carbons (Fsp3) is 0.647. The second kappa shape index (κ2) is 6.52. The number of pyridine rings is 1. The molecule has 2 saturated heterocycles. The highest BCUT2D eigenvalue weighted by Gasteiger charge is 2.44. The molecule has 0 spiro atoms. The van der Waals surface area contributed by atoms with Gasteiger partial charge in [-0.05, 0) is 49.2 Å². The number of rotatable bonds is 2. The Labute approximate surface area is 150 Å². The summed E-state index contributed by atoms with van der Waals surface area (Å²) in [6, 6.07) is 2.14. The molecule has 0 unspecified atom stereocenters. The number of amides is 1. The van der Waals surface area contributed by atoms with Gasteiger partial charge in [-0.2, -0.15) is 0 Å². The highest BCUT2D eigenvalue weighted by molar-refractivity contribution is 9.10. The van der Waals surface area contributed by atoms with E-state index >= 15 is 0 Å². The molecule has 1 aromatic rings. The highest BCUT2D eigenvalue weighted by atomic mass is 79.9. The number of anilines is 1. The second-order valence-corrected chi connectivity index (χ2v) is 8.25. The van der Waals surface area contributed by atoms with Crippen LogP contribution in [0.4, 0.5) is 10.5 Å². The summed E-state index contributed by atoms with van der Waals surface area (Å²) in [7, 11) is 0. The number of hydrogen-bond acceptors (Lipinski definition) is 5. The molecule has 1 aromatic heterocycles. The predicted octanol–water partition coefficient (Wildman–Crippen LogP) is 2.78. The van der Waals surface area contributed by atoms with Crippen LogP contribution in [0.1, 0.15) is 32.8 Å². The highest BCUT2D eigenvalue weighted by Crippen LogP contribution is 2.35. The second-order valence-electron chi connectivity index (χ2n) is 7.50. The molecule has 2 aliphatic heterocycles. The van der Waals surface area contributed by atoms with Crippen molar-refractivity contribution < 1.29 is 14.6 Å². The molecule has 3 rings (SSSR count). The van der Waals surface area contributed by atoms with Gasteiger partial charge in [-0.3, -0.25) is 0 Å². The normalized spacial score (nSPS) is 23.5. The van der Waals surface area contributed by atoms with Crippen LogP contribution in [0, 0.1) is 5.92 Å². The Morgan fingerprint density at radius 2 is 2.21 bits per heavy atom. The summed E-state index contributed by atoms with van der Waals surface area (Å²) < 4.78 is 6.21. The summed E-state index contributed by atoms with van der Waals surface area (Å²) >= 11 is 3.35. The number of nitrogens with zero attached hydrogens (tertiary/aromatic N) is 3. The average molecular weight is 398 g/mol. The van der Waals surface area contributed by atoms with Crippen LogP contribution in [0.5, 0.6) is 0 Å². The van der Waals surface area contributed by atoms with Gasteiger partial charge in [0.05, 0.1) is 24.5 Å². The molecule has 2 atom stereocenters. The van der Waals surface area contributed by atoms with Gasteiger partial charge in [0.2, 0.25) is 0 Å². The van der Waals surface area contributed by atoms with Crippen LogP contribution in [0.3, 0.4) is 0 Å². The Balaban J connectivity index is 1.72. The lowest BCUT2D eigenvalue weighted by Crippen LogP contribution is -2.42. The number of halogens is 1. The number of likely N-dealkylation sites (tertiary alicyclic amines) is 1. The molecule has 0 aromatic carbocycles. The Morgan fingerprint density at radius 1 is 1.46 bits per heavy atom. The summed E-state index contributed by atoms with van der Waals surface area (Å²) in [5, 5.41) is 9.41. The molecule has 0 saturated carbocycles. The number of aliphatic hydroxyl groups is 1. The van der Waals surface area contributed by atoms with Crippen molar-refractivity contribution in [3.05, 3.63) is 22.4 Å². The minimum absolute atomic E-state index is 0.0495.